The molecule has 2 N–H and O–H groups in total. The maximum absolute atomic E-state index is 9.07. The SMILES string of the molecule is CCCCCOC(CC)NC(C)O. The Kier molecular flexibility index (Phi) is 8.40. The Bertz CT molecular complexity index is 107. The lowest BCUT2D eigenvalue weighted by Crippen LogP contribution is -2.38. The zero-order valence-corrected chi connectivity index (χ0v) is 9.05. The number of unbranched alkanes of at least 4 members (excludes halogenated alkanes) is 2. The van der Waals surface area contributed by atoms with E-state index in [9.17, 15) is 0 Å². The molecule has 0 aromatic heterocycles. The van der Waals surface area contributed by atoms with E-state index in [0.717, 1.165) is 19.4 Å². The molecular weight excluding hydrogens is 166 g/mol. The van der Waals surface area contributed by atoms with Crippen LogP contribution in [0.5, 0.6) is 0 Å². The Morgan fingerprint density at radius 1 is 1.31 bits per heavy atom. The van der Waals surface area contributed by atoms with Crippen molar-refractivity contribution in [1.82, 2.24) is 5.32 Å². The quantitative estimate of drug-likeness (QED) is 0.452. The van der Waals surface area contributed by atoms with Gasteiger partial charge in [0.15, 0.2) is 0 Å². The third kappa shape index (κ3) is 8.22. The van der Waals surface area contributed by atoms with Crippen molar-refractivity contribution in [3.63, 3.8) is 0 Å². The molecular formula is C10H23NO2. The molecule has 0 aliphatic rings. The van der Waals surface area contributed by atoms with Crippen molar-refractivity contribution in [2.45, 2.75) is 58.9 Å². The van der Waals surface area contributed by atoms with Crippen LogP contribution in [-0.2, 0) is 4.74 Å². The Labute approximate surface area is 81.5 Å². The summed E-state index contributed by atoms with van der Waals surface area (Å²) in [6.07, 6.45) is 3.92. The summed E-state index contributed by atoms with van der Waals surface area (Å²) in [6, 6.07) is 0. The van der Waals surface area contributed by atoms with Gasteiger partial charge in [-0.2, -0.15) is 0 Å². The molecule has 0 saturated carbocycles. The van der Waals surface area contributed by atoms with Crippen LogP contribution in [0.3, 0.4) is 0 Å². The van der Waals surface area contributed by atoms with E-state index in [4.69, 9.17) is 9.84 Å². The van der Waals surface area contributed by atoms with E-state index in [-0.39, 0.29) is 6.23 Å². The molecule has 3 heteroatoms. The third-order valence-corrected chi connectivity index (χ3v) is 1.86. The third-order valence-electron chi connectivity index (χ3n) is 1.86. The fourth-order valence-electron chi connectivity index (χ4n) is 1.13. The predicted octanol–water partition coefficient (Wildman–Crippen LogP) is 1.86. The number of nitrogens with one attached hydrogen (secondary N) is 1. The summed E-state index contributed by atoms with van der Waals surface area (Å²) >= 11 is 0. The number of aliphatic hydroxyl groups excluding tert-OH is 1. The standard InChI is InChI=1S/C10H23NO2/c1-4-6-7-8-13-10(5-2)11-9(3)12/h9-12H,4-8H2,1-3H3. The van der Waals surface area contributed by atoms with Crippen molar-refractivity contribution in [2.75, 3.05) is 6.61 Å². The summed E-state index contributed by atoms with van der Waals surface area (Å²) < 4.78 is 5.53. The van der Waals surface area contributed by atoms with Gasteiger partial charge in [0.25, 0.3) is 0 Å². The van der Waals surface area contributed by atoms with Crippen LogP contribution < -0.4 is 5.32 Å². The number of rotatable bonds is 8. The van der Waals surface area contributed by atoms with Crippen LogP contribution in [0, 0.1) is 0 Å². The van der Waals surface area contributed by atoms with Gasteiger partial charge < -0.3 is 9.84 Å². The van der Waals surface area contributed by atoms with Gasteiger partial charge in [-0.05, 0) is 19.8 Å². The summed E-state index contributed by atoms with van der Waals surface area (Å²) in [5.74, 6) is 0. The molecule has 0 fully saturated rings. The van der Waals surface area contributed by atoms with Gasteiger partial charge in [-0.15, -0.1) is 0 Å². The lowest BCUT2D eigenvalue weighted by molar-refractivity contribution is -0.0130. The highest BCUT2D eigenvalue weighted by atomic mass is 16.5. The fraction of sp³-hybridized carbons (Fsp3) is 1.00. The predicted molar refractivity (Wildman–Crippen MR) is 54.4 cm³/mol. The zero-order chi connectivity index (χ0) is 10.1. The van der Waals surface area contributed by atoms with Crippen LogP contribution in [-0.4, -0.2) is 24.2 Å². The molecule has 0 aromatic rings. The average Bonchev–Trinajstić information content (AvgIpc) is 2.09. The van der Waals surface area contributed by atoms with Crippen molar-refractivity contribution in [2.24, 2.45) is 0 Å². The Balaban J connectivity index is 3.36. The molecule has 13 heavy (non-hydrogen) atoms. The number of hydrogen-bond acceptors (Lipinski definition) is 3. The van der Waals surface area contributed by atoms with Gasteiger partial charge >= 0.3 is 0 Å². The lowest BCUT2D eigenvalue weighted by atomic mass is 10.3. The van der Waals surface area contributed by atoms with Gasteiger partial charge in [-0.25, -0.2) is 0 Å². The number of aliphatic hydroxyl groups is 1. The normalized spacial score (nSPS) is 15.7. The second-order valence-corrected chi connectivity index (χ2v) is 3.32. The first kappa shape index (κ1) is 12.9. The van der Waals surface area contributed by atoms with Crippen molar-refractivity contribution >= 4 is 0 Å². The summed E-state index contributed by atoms with van der Waals surface area (Å²) in [5, 5.41) is 12.0. The van der Waals surface area contributed by atoms with E-state index in [1.165, 1.54) is 12.8 Å². The average molecular weight is 189 g/mol. The minimum atomic E-state index is -0.490. The lowest BCUT2D eigenvalue weighted by Gasteiger charge is -2.19. The first-order valence-corrected chi connectivity index (χ1v) is 5.26. The maximum atomic E-state index is 9.07. The molecule has 0 saturated heterocycles. The van der Waals surface area contributed by atoms with Crippen molar-refractivity contribution in [3.05, 3.63) is 0 Å². The molecule has 80 valence electrons. The van der Waals surface area contributed by atoms with Gasteiger partial charge in [-0.1, -0.05) is 26.7 Å². The van der Waals surface area contributed by atoms with Crippen LogP contribution in [0.15, 0.2) is 0 Å². The monoisotopic (exact) mass is 189 g/mol. The molecule has 0 aliphatic carbocycles. The van der Waals surface area contributed by atoms with Crippen LogP contribution in [0.25, 0.3) is 0 Å². The van der Waals surface area contributed by atoms with E-state index in [1.54, 1.807) is 6.92 Å². The molecule has 3 nitrogen and oxygen atoms in total. The minimum Gasteiger partial charge on any atom is -0.379 e. The topological polar surface area (TPSA) is 41.5 Å². The number of ether oxygens (including phenoxy) is 1. The Hall–Kier alpha value is -0.120. The molecule has 0 bridgehead atoms. The molecule has 2 atom stereocenters. The van der Waals surface area contributed by atoms with Crippen molar-refractivity contribution in [1.29, 1.82) is 0 Å². The second kappa shape index (κ2) is 8.48. The van der Waals surface area contributed by atoms with Gasteiger partial charge in [0.1, 0.15) is 12.5 Å². The molecule has 0 aromatic carbocycles. The van der Waals surface area contributed by atoms with Gasteiger partial charge in [0.05, 0.1) is 0 Å². The highest BCUT2D eigenvalue weighted by Crippen LogP contribution is 1.99. The summed E-state index contributed by atoms with van der Waals surface area (Å²) in [5.41, 5.74) is 0. The van der Waals surface area contributed by atoms with Crippen LogP contribution in [0.4, 0.5) is 0 Å². The molecule has 0 radical (unpaired) electrons. The first-order chi connectivity index (χ1) is 6.20. The second-order valence-electron chi connectivity index (χ2n) is 3.32. The van der Waals surface area contributed by atoms with Crippen LogP contribution in [0.2, 0.25) is 0 Å². The minimum absolute atomic E-state index is 0.00291. The largest absolute Gasteiger partial charge is 0.379 e. The van der Waals surface area contributed by atoms with E-state index < -0.39 is 6.23 Å². The van der Waals surface area contributed by atoms with Crippen molar-refractivity contribution in [3.8, 4) is 0 Å². The fourth-order valence-corrected chi connectivity index (χ4v) is 1.13. The summed E-state index contributed by atoms with van der Waals surface area (Å²) in [4.78, 5) is 0. The molecule has 0 aliphatic heterocycles. The number of hydrogen-bond donors (Lipinski definition) is 2. The van der Waals surface area contributed by atoms with Gasteiger partial charge in [-0.3, -0.25) is 5.32 Å². The van der Waals surface area contributed by atoms with Crippen LogP contribution >= 0.6 is 0 Å². The van der Waals surface area contributed by atoms with Crippen molar-refractivity contribution < 1.29 is 9.84 Å². The highest BCUT2D eigenvalue weighted by Gasteiger charge is 2.06. The van der Waals surface area contributed by atoms with Gasteiger partial charge in [0.2, 0.25) is 0 Å². The molecule has 2 unspecified atom stereocenters. The zero-order valence-electron chi connectivity index (χ0n) is 9.05. The summed E-state index contributed by atoms with van der Waals surface area (Å²) in [6.45, 7) is 6.70. The van der Waals surface area contributed by atoms with Crippen LogP contribution in [0.1, 0.15) is 46.5 Å². The molecule has 0 spiro atoms. The molecule has 0 heterocycles. The molecule has 0 amide bonds. The summed E-state index contributed by atoms with van der Waals surface area (Å²) in [7, 11) is 0. The Morgan fingerprint density at radius 3 is 2.46 bits per heavy atom. The Morgan fingerprint density at radius 2 is 2.00 bits per heavy atom. The maximum Gasteiger partial charge on any atom is 0.109 e. The van der Waals surface area contributed by atoms with E-state index in [2.05, 4.69) is 12.2 Å². The van der Waals surface area contributed by atoms with Gasteiger partial charge in [0, 0.05) is 6.61 Å². The van der Waals surface area contributed by atoms with E-state index in [0.29, 0.717) is 0 Å². The highest BCUT2D eigenvalue weighted by molar-refractivity contribution is 4.53. The smallest absolute Gasteiger partial charge is 0.109 e. The van der Waals surface area contributed by atoms with E-state index >= 15 is 0 Å². The molecule has 0 rings (SSSR count). The first-order valence-electron chi connectivity index (χ1n) is 5.26. The van der Waals surface area contributed by atoms with E-state index in [1.807, 2.05) is 6.92 Å².